The van der Waals surface area contributed by atoms with Crippen LogP contribution in [-0.4, -0.2) is 18.5 Å². The summed E-state index contributed by atoms with van der Waals surface area (Å²) in [5, 5.41) is 3.29. The zero-order valence-electron chi connectivity index (χ0n) is 10.3. The minimum Gasteiger partial charge on any atom is -0.370 e. The molecular weight excluding hydrogens is 186 g/mol. The normalized spacial score (nSPS) is 25.7. The number of hydrogen-bond acceptors (Lipinski definition) is 1. The summed E-state index contributed by atoms with van der Waals surface area (Å²) in [4.78, 5) is 4.32. The van der Waals surface area contributed by atoms with Crippen molar-refractivity contribution in [2.45, 2.75) is 52.5 Å². The summed E-state index contributed by atoms with van der Waals surface area (Å²) in [5.41, 5.74) is 5.80. The standard InChI is InChI=1S/C12H25N3/c1-4-5-10-8-11(10)15-12(13)14-7-6-9(2)3/h9-11H,4-8H2,1-3H3,(H3,13,14,15). The molecule has 15 heavy (non-hydrogen) atoms. The monoisotopic (exact) mass is 211 g/mol. The Hall–Kier alpha value is -0.730. The fraction of sp³-hybridized carbons (Fsp3) is 0.917. The zero-order valence-corrected chi connectivity index (χ0v) is 10.3. The lowest BCUT2D eigenvalue weighted by molar-refractivity contribution is 0.594. The molecule has 88 valence electrons. The SMILES string of the molecule is CCCC1CC1NC(N)=NCCC(C)C. The van der Waals surface area contributed by atoms with E-state index in [1.165, 1.54) is 19.3 Å². The molecule has 1 saturated carbocycles. The Morgan fingerprint density at radius 2 is 2.27 bits per heavy atom. The number of nitrogens with two attached hydrogens (primary N) is 1. The Labute approximate surface area is 93.5 Å². The van der Waals surface area contributed by atoms with Crippen molar-refractivity contribution in [2.24, 2.45) is 22.6 Å². The maximum absolute atomic E-state index is 5.80. The lowest BCUT2D eigenvalue weighted by atomic mass is 10.1. The maximum atomic E-state index is 5.80. The quantitative estimate of drug-likeness (QED) is 0.522. The van der Waals surface area contributed by atoms with E-state index < -0.39 is 0 Å². The van der Waals surface area contributed by atoms with Crippen LogP contribution in [0.1, 0.15) is 46.5 Å². The van der Waals surface area contributed by atoms with Crippen LogP contribution in [0.4, 0.5) is 0 Å². The van der Waals surface area contributed by atoms with E-state index >= 15 is 0 Å². The summed E-state index contributed by atoms with van der Waals surface area (Å²) in [7, 11) is 0. The number of nitrogens with zero attached hydrogens (tertiary/aromatic N) is 1. The molecule has 2 unspecified atom stereocenters. The number of guanidine groups is 1. The van der Waals surface area contributed by atoms with Crippen molar-refractivity contribution < 1.29 is 0 Å². The minimum atomic E-state index is 0.604. The van der Waals surface area contributed by atoms with E-state index in [1.54, 1.807) is 0 Å². The second-order valence-electron chi connectivity index (χ2n) is 4.98. The molecule has 0 aromatic carbocycles. The highest BCUT2D eigenvalue weighted by molar-refractivity contribution is 5.78. The van der Waals surface area contributed by atoms with Crippen molar-refractivity contribution >= 4 is 5.96 Å². The number of rotatable bonds is 6. The fourth-order valence-corrected chi connectivity index (χ4v) is 1.79. The third-order valence-electron chi connectivity index (χ3n) is 2.90. The summed E-state index contributed by atoms with van der Waals surface area (Å²) < 4.78 is 0. The van der Waals surface area contributed by atoms with Gasteiger partial charge < -0.3 is 11.1 Å². The van der Waals surface area contributed by atoms with E-state index in [0.717, 1.165) is 18.9 Å². The van der Waals surface area contributed by atoms with Gasteiger partial charge in [-0.1, -0.05) is 27.2 Å². The minimum absolute atomic E-state index is 0.604. The summed E-state index contributed by atoms with van der Waals surface area (Å²) in [6.45, 7) is 7.49. The van der Waals surface area contributed by atoms with Crippen molar-refractivity contribution in [3.63, 3.8) is 0 Å². The topological polar surface area (TPSA) is 50.4 Å². The van der Waals surface area contributed by atoms with Gasteiger partial charge in [0.2, 0.25) is 0 Å². The van der Waals surface area contributed by atoms with Crippen LogP contribution in [0.2, 0.25) is 0 Å². The summed E-state index contributed by atoms with van der Waals surface area (Å²) in [6, 6.07) is 0.604. The van der Waals surface area contributed by atoms with Gasteiger partial charge in [-0.2, -0.15) is 0 Å². The number of nitrogens with one attached hydrogen (secondary N) is 1. The first kappa shape index (κ1) is 12.3. The van der Waals surface area contributed by atoms with Crippen LogP contribution < -0.4 is 11.1 Å². The van der Waals surface area contributed by atoms with E-state index in [2.05, 4.69) is 31.1 Å². The van der Waals surface area contributed by atoms with Gasteiger partial charge in [0.1, 0.15) is 0 Å². The Balaban J connectivity index is 2.11. The molecule has 1 rings (SSSR count). The van der Waals surface area contributed by atoms with Crippen molar-refractivity contribution in [2.75, 3.05) is 6.54 Å². The smallest absolute Gasteiger partial charge is 0.188 e. The lowest BCUT2D eigenvalue weighted by Gasteiger charge is -2.05. The van der Waals surface area contributed by atoms with E-state index in [-0.39, 0.29) is 0 Å². The zero-order chi connectivity index (χ0) is 11.3. The van der Waals surface area contributed by atoms with Crippen LogP contribution in [0.25, 0.3) is 0 Å². The van der Waals surface area contributed by atoms with Gasteiger partial charge in [-0.15, -0.1) is 0 Å². The first-order valence-corrected chi connectivity index (χ1v) is 6.20. The lowest BCUT2D eigenvalue weighted by Crippen LogP contribution is -2.34. The van der Waals surface area contributed by atoms with Crippen LogP contribution >= 0.6 is 0 Å². The molecule has 0 amide bonds. The molecule has 3 heteroatoms. The average molecular weight is 211 g/mol. The molecule has 0 heterocycles. The van der Waals surface area contributed by atoms with Crippen LogP contribution in [0.15, 0.2) is 4.99 Å². The molecule has 0 aliphatic heterocycles. The molecule has 0 bridgehead atoms. The Kier molecular flexibility index (Phi) is 4.92. The van der Waals surface area contributed by atoms with Gasteiger partial charge in [-0.25, -0.2) is 0 Å². The van der Waals surface area contributed by atoms with E-state index in [0.29, 0.717) is 17.9 Å². The van der Waals surface area contributed by atoms with Gasteiger partial charge in [-0.05, 0) is 31.1 Å². The van der Waals surface area contributed by atoms with Crippen LogP contribution in [-0.2, 0) is 0 Å². The first-order valence-electron chi connectivity index (χ1n) is 6.20. The Bertz CT molecular complexity index is 211. The summed E-state index contributed by atoms with van der Waals surface area (Å²) in [5.74, 6) is 2.18. The molecular formula is C12H25N3. The third-order valence-corrected chi connectivity index (χ3v) is 2.90. The molecule has 2 atom stereocenters. The van der Waals surface area contributed by atoms with Crippen molar-refractivity contribution in [3.05, 3.63) is 0 Å². The number of aliphatic imine (C=N–C) groups is 1. The highest BCUT2D eigenvalue weighted by Gasteiger charge is 2.36. The van der Waals surface area contributed by atoms with Crippen molar-refractivity contribution in [1.82, 2.24) is 5.32 Å². The second kappa shape index (κ2) is 5.99. The molecule has 0 radical (unpaired) electrons. The van der Waals surface area contributed by atoms with E-state index in [9.17, 15) is 0 Å². The molecule has 3 N–H and O–H groups in total. The Morgan fingerprint density at radius 3 is 2.87 bits per heavy atom. The summed E-state index contributed by atoms with van der Waals surface area (Å²) >= 11 is 0. The fourth-order valence-electron chi connectivity index (χ4n) is 1.79. The predicted octanol–water partition coefficient (Wildman–Crippen LogP) is 2.13. The molecule has 1 fully saturated rings. The molecule has 1 aliphatic carbocycles. The predicted molar refractivity (Wildman–Crippen MR) is 65.9 cm³/mol. The van der Waals surface area contributed by atoms with Crippen LogP contribution in [0.5, 0.6) is 0 Å². The third kappa shape index (κ3) is 5.05. The molecule has 0 spiro atoms. The van der Waals surface area contributed by atoms with Gasteiger partial charge >= 0.3 is 0 Å². The van der Waals surface area contributed by atoms with Gasteiger partial charge in [-0.3, -0.25) is 4.99 Å². The summed E-state index contributed by atoms with van der Waals surface area (Å²) in [6.07, 6.45) is 4.98. The van der Waals surface area contributed by atoms with Crippen molar-refractivity contribution in [3.8, 4) is 0 Å². The van der Waals surface area contributed by atoms with Gasteiger partial charge in [0.25, 0.3) is 0 Å². The maximum Gasteiger partial charge on any atom is 0.188 e. The average Bonchev–Trinajstić information content (AvgIpc) is 2.83. The molecule has 0 aromatic rings. The van der Waals surface area contributed by atoms with Crippen molar-refractivity contribution in [1.29, 1.82) is 0 Å². The molecule has 3 nitrogen and oxygen atoms in total. The highest BCUT2D eigenvalue weighted by Crippen LogP contribution is 2.34. The highest BCUT2D eigenvalue weighted by atomic mass is 15.1. The van der Waals surface area contributed by atoms with Crippen LogP contribution in [0, 0.1) is 11.8 Å². The van der Waals surface area contributed by atoms with E-state index in [4.69, 9.17) is 5.73 Å². The first-order chi connectivity index (χ1) is 7.13. The molecule has 0 saturated heterocycles. The molecule has 1 aliphatic rings. The largest absolute Gasteiger partial charge is 0.370 e. The van der Waals surface area contributed by atoms with Gasteiger partial charge in [0.15, 0.2) is 5.96 Å². The number of hydrogen-bond donors (Lipinski definition) is 2. The van der Waals surface area contributed by atoms with E-state index in [1.807, 2.05) is 0 Å². The van der Waals surface area contributed by atoms with Gasteiger partial charge in [0, 0.05) is 12.6 Å². The molecule has 0 aromatic heterocycles. The van der Waals surface area contributed by atoms with Gasteiger partial charge in [0.05, 0.1) is 0 Å². The van der Waals surface area contributed by atoms with Crippen LogP contribution in [0.3, 0.4) is 0 Å². The Morgan fingerprint density at radius 1 is 1.53 bits per heavy atom. The second-order valence-corrected chi connectivity index (χ2v) is 4.98.